The van der Waals surface area contributed by atoms with Gasteiger partial charge in [0.25, 0.3) is 0 Å². The summed E-state index contributed by atoms with van der Waals surface area (Å²) in [5, 5.41) is 1.08. The topological polar surface area (TPSA) is 71.2 Å². The summed E-state index contributed by atoms with van der Waals surface area (Å²) in [5.74, 6) is 0.579. The predicted molar refractivity (Wildman–Crippen MR) is 120 cm³/mol. The van der Waals surface area contributed by atoms with Crippen LogP contribution >= 0.6 is 0 Å². The van der Waals surface area contributed by atoms with Gasteiger partial charge in [0.1, 0.15) is 5.75 Å². The van der Waals surface area contributed by atoms with Crippen LogP contribution in [0.1, 0.15) is 22.6 Å². The molecule has 3 aromatic carbocycles. The standard InChI is InChI=1S/C24H24N2O3S/c1-29-20-13-11-19(12-14-20)22(23-15-25-24-10-6-5-9-21(23)24)16-26-30(27,28)17-18-7-3-2-4-8-18/h2-15,22,25-26H,16-17H2,1H3/t22-/m1/s1. The maximum Gasteiger partial charge on any atom is 0.215 e. The molecule has 0 saturated carbocycles. The van der Waals surface area contributed by atoms with E-state index in [9.17, 15) is 8.42 Å². The van der Waals surface area contributed by atoms with E-state index in [0.29, 0.717) is 0 Å². The van der Waals surface area contributed by atoms with E-state index < -0.39 is 10.0 Å². The van der Waals surface area contributed by atoms with E-state index in [1.165, 1.54) is 0 Å². The Labute approximate surface area is 176 Å². The molecule has 0 spiro atoms. The van der Waals surface area contributed by atoms with Gasteiger partial charge in [0.05, 0.1) is 12.9 Å². The minimum Gasteiger partial charge on any atom is -0.497 e. The molecular weight excluding hydrogens is 396 g/mol. The monoisotopic (exact) mass is 420 g/mol. The van der Waals surface area contributed by atoms with Gasteiger partial charge in [-0.25, -0.2) is 13.1 Å². The molecule has 4 rings (SSSR count). The zero-order valence-electron chi connectivity index (χ0n) is 16.7. The first-order valence-corrected chi connectivity index (χ1v) is 11.4. The maximum absolute atomic E-state index is 12.7. The number of nitrogens with one attached hydrogen (secondary N) is 2. The first kappa shape index (κ1) is 20.2. The van der Waals surface area contributed by atoms with Gasteiger partial charge in [0.2, 0.25) is 10.0 Å². The fraction of sp³-hybridized carbons (Fsp3) is 0.167. The van der Waals surface area contributed by atoms with Gasteiger partial charge < -0.3 is 9.72 Å². The summed E-state index contributed by atoms with van der Waals surface area (Å²) in [4.78, 5) is 3.30. The largest absolute Gasteiger partial charge is 0.497 e. The number of aromatic amines is 1. The molecule has 4 aromatic rings. The van der Waals surface area contributed by atoms with Crippen molar-refractivity contribution in [2.75, 3.05) is 13.7 Å². The number of rotatable bonds is 8. The first-order chi connectivity index (χ1) is 14.6. The molecule has 1 atom stereocenters. The third-order valence-corrected chi connectivity index (χ3v) is 6.54. The van der Waals surface area contributed by atoms with Crippen molar-refractivity contribution in [3.63, 3.8) is 0 Å². The Morgan fingerprint density at radius 3 is 2.37 bits per heavy atom. The van der Waals surface area contributed by atoms with Crippen LogP contribution in [0.25, 0.3) is 10.9 Å². The van der Waals surface area contributed by atoms with Crippen molar-refractivity contribution in [2.24, 2.45) is 0 Å². The molecule has 30 heavy (non-hydrogen) atoms. The smallest absolute Gasteiger partial charge is 0.215 e. The zero-order chi connectivity index (χ0) is 21.0. The molecule has 0 unspecified atom stereocenters. The summed E-state index contributed by atoms with van der Waals surface area (Å²) in [6, 6.07) is 25.0. The maximum atomic E-state index is 12.7. The van der Waals surface area contributed by atoms with Crippen LogP contribution in [0.5, 0.6) is 5.75 Å². The number of H-pyrrole nitrogens is 1. The number of benzene rings is 3. The number of para-hydroxylation sites is 1. The number of fused-ring (bicyclic) bond motifs is 1. The zero-order valence-corrected chi connectivity index (χ0v) is 17.5. The van der Waals surface area contributed by atoms with Gasteiger partial charge in [-0.2, -0.15) is 0 Å². The Morgan fingerprint density at radius 2 is 1.63 bits per heavy atom. The Balaban J connectivity index is 1.63. The van der Waals surface area contributed by atoms with E-state index in [2.05, 4.69) is 15.8 Å². The van der Waals surface area contributed by atoms with Gasteiger partial charge in [-0.05, 0) is 34.9 Å². The van der Waals surface area contributed by atoms with Crippen LogP contribution in [0.3, 0.4) is 0 Å². The van der Waals surface area contributed by atoms with Crippen molar-refractivity contribution in [1.29, 1.82) is 0 Å². The van der Waals surface area contributed by atoms with Gasteiger partial charge in [-0.1, -0.05) is 60.7 Å². The minimum atomic E-state index is -3.48. The summed E-state index contributed by atoms with van der Waals surface area (Å²) in [6.07, 6.45) is 1.96. The molecule has 0 aliphatic heterocycles. The van der Waals surface area contributed by atoms with E-state index >= 15 is 0 Å². The van der Waals surface area contributed by atoms with Crippen LogP contribution in [0.4, 0.5) is 0 Å². The van der Waals surface area contributed by atoms with Crippen molar-refractivity contribution in [1.82, 2.24) is 9.71 Å². The van der Waals surface area contributed by atoms with Crippen molar-refractivity contribution in [3.8, 4) is 5.75 Å². The summed E-state index contributed by atoms with van der Waals surface area (Å²) in [6.45, 7) is 0.267. The molecular formula is C24H24N2O3S. The van der Waals surface area contributed by atoms with Gasteiger partial charge in [0, 0.05) is 29.6 Å². The van der Waals surface area contributed by atoms with E-state index in [4.69, 9.17) is 4.74 Å². The molecule has 0 fully saturated rings. The molecule has 6 heteroatoms. The normalized spacial score (nSPS) is 12.7. The molecule has 0 aliphatic rings. The van der Waals surface area contributed by atoms with E-state index in [1.807, 2.05) is 79.0 Å². The molecule has 0 amide bonds. The lowest BCUT2D eigenvalue weighted by molar-refractivity contribution is 0.414. The number of aromatic nitrogens is 1. The second kappa shape index (κ2) is 8.73. The number of hydrogen-bond acceptors (Lipinski definition) is 3. The minimum absolute atomic E-state index is 0.0446. The second-order valence-electron chi connectivity index (χ2n) is 7.21. The van der Waals surface area contributed by atoms with Crippen LogP contribution < -0.4 is 9.46 Å². The van der Waals surface area contributed by atoms with Crippen molar-refractivity contribution in [3.05, 3.63) is 102 Å². The highest BCUT2D eigenvalue weighted by Crippen LogP contribution is 2.31. The molecule has 0 saturated heterocycles. The highest BCUT2D eigenvalue weighted by molar-refractivity contribution is 7.88. The third-order valence-electron chi connectivity index (χ3n) is 5.22. The van der Waals surface area contributed by atoms with E-state index in [-0.39, 0.29) is 18.2 Å². The predicted octanol–water partition coefficient (Wildman–Crippen LogP) is 4.43. The second-order valence-corrected chi connectivity index (χ2v) is 9.02. The molecule has 1 aromatic heterocycles. The molecule has 0 aliphatic carbocycles. The Hall–Kier alpha value is -3.09. The highest BCUT2D eigenvalue weighted by Gasteiger charge is 2.21. The molecule has 0 bridgehead atoms. The van der Waals surface area contributed by atoms with Crippen molar-refractivity contribution < 1.29 is 13.2 Å². The molecule has 5 nitrogen and oxygen atoms in total. The van der Waals surface area contributed by atoms with Crippen LogP contribution in [-0.2, 0) is 15.8 Å². The highest BCUT2D eigenvalue weighted by atomic mass is 32.2. The number of ether oxygens (including phenoxy) is 1. The van der Waals surface area contributed by atoms with Crippen LogP contribution in [0.2, 0.25) is 0 Å². The third kappa shape index (κ3) is 4.56. The first-order valence-electron chi connectivity index (χ1n) is 9.77. The fourth-order valence-corrected chi connectivity index (χ4v) is 4.83. The van der Waals surface area contributed by atoms with Crippen molar-refractivity contribution >= 4 is 20.9 Å². The summed E-state index contributed by atoms with van der Waals surface area (Å²) in [7, 11) is -1.85. The van der Waals surface area contributed by atoms with Gasteiger partial charge in [-0.15, -0.1) is 0 Å². The lowest BCUT2D eigenvalue weighted by Crippen LogP contribution is -2.30. The summed E-state index contributed by atoms with van der Waals surface area (Å²) < 4.78 is 33.5. The SMILES string of the molecule is COc1ccc([C@@H](CNS(=O)(=O)Cc2ccccc2)c2c[nH]c3ccccc23)cc1. The van der Waals surface area contributed by atoms with Gasteiger partial charge >= 0.3 is 0 Å². The fourth-order valence-electron chi connectivity index (χ4n) is 3.68. The number of methoxy groups -OCH3 is 1. The van der Waals surface area contributed by atoms with E-state index in [0.717, 1.165) is 33.3 Å². The van der Waals surface area contributed by atoms with Crippen molar-refractivity contribution in [2.45, 2.75) is 11.7 Å². The average molecular weight is 421 g/mol. The molecule has 2 N–H and O–H groups in total. The Morgan fingerprint density at radius 1 is 0.933 bits per heavy atom. The molecule has 154 valence electrons. The number of hydrogen-bond donors (Lipinski definition) is 2. The van der Waals surface area contributed by atoms with Gasteiger partial charge in [-0.3, -0.25) is 0 Å². The quantitative estimate of drug-likeness (QED) is 0.443. The number of sulfonamides is 1. The lowest BCUT2D eigenvalue weighted by Gasteiger charge is -2.19. The van der Waals surface area contributed by atoms with Crippen LogP contribution in [-0.4, -0.2) is 27.1 Å². The Bertz CT molecular complexity index is 1220. The summed E-state index contributed by atoms with van der Waals surface area (Å²) >= 11 is 0. The van der Waals surface area contributed by atoms with Crippen LogP contribution in [0.15, 0.2) is 85.1 Å². The summed E-state index contributed by atoms with van der Waals surface area (Å²) in [5.41, 5.74) is 3.86. The Kier molecular flexibility index (Phi) is 5.88. The molecule has 1 heterocycles. The lowest BCUT2D eigenvalue weighted by atomic mass is 9.91. The van der Waals surface area contributed by atoms with Crippen LogP contribution in [0, 0.1) is 0 Å². The van der Waals surface area contributed by atoms with E-state index in [1.54, 1.807) is 7.11 Å². The van der Waals surface area contributed by atoms with Gasteiger partial charge in [0.15, 0.2) is 0 Å². The molecule has 0 radical (unpaired) electrons. The average Bonchev–Trinajstić information content (AvgIpc) is 3.19.